The Morgan fingerprint density at radius 1 is 1.26 bits per heavy atom. The summed E-state index contributed by atoms with van der Waals surface area (Å²) in [6.07, 6.45) is -0.734. The van der Waals surface area contributed by atoms with Crippen molar-refractivity contribution in [2.45, 2.75) is 13.8 Å². The lowest BCUT2D eigenvalue weighted by atomic mass is 10.2. The van der Waals surface area contributed by atoms with Gasteiger partial charge in [0.1, 0.15) is 6.54 Å². The predicted octanol–water partition coefficient (Wildman–Crippen LogP) is 2.03. The van der Waals surface area contributed by atoms with Gasteiger partial charge < -0.3 is 15.0 Å². The number of hydrogen-bond acceptors (Lipinski definition) is 4. The largest absolute Gasteiger partial charge is 0.414 e. The van der Waals surface area contributed by atoms with E-state index in [1.54, 1.807) is 0 Å². The predicted molar refractivity (Wildman–Crippen MR) is 74.0 cm³/mol. The normalized spacial score (nSPS) is 10.1. The Labute approximate surface area is 113 Å². The van der Waals surface area contributed by atoms with Gasteiger partial charge in [-0.2, -0.15) is 0 Å². The monoisotopic (exact) mass is 264 g/mol. The summed E-state index contributed by atoms with van der Waals surface area (Å²) in [6, 6.07) is 9.59. The average molecular weight is 264 g/mol. The van der Waals surface area contributed by atoms with Gasteiger partial charge in [-0.15, -0.1) is 0 Å². The number of hydrogen-bond donors (Lipinski definition) is 1. The molecule has 0 saturated heterocycles. The number of benzene rings is 1. The molecule has 5 nitrogen and oxygen atoms in total. The van der Waals surface area contributed by atoms with Gasteiger partial charge in [0.05, 0.1) is 0 Å². The molecule has 0 aliphatic heterocycles. The Bertz CT molecular complexity index is 418. The standard InChI is InChI=1S/C14H20N2O3/c1-11(2)9-16(12-7-5-4-6-8-12)10-13(17)19-14(18)15-3/h4-8,11H,9-10H2,1-3H3,(H,15,18). The van der Waals surface area contributed by atoms with E-state index >= 15 is 0 Å². The molecule has 19 heavy (non-hydrogen) atoms. The van der Waals surface area contributed by atoms with Crippen LogP contribution >= 0.6 is 0 Å². The van der Waals surface area contributed by atoms with E-state index < -0.39 is 12.1 Å². The third-order valence-corrected chi connectivity index (χ3v) is 2.44. The Balaban J connectivity index is 2.70. The van der Waals surface area contributed by atoms with Gasteiger partial charge in [-0.3, -0.25) is 0 Å². The molecule has 104 valence electrons. The highest BCUT2D eigenvalue weighted by Gasteiger charge is 2.16. The minimum atomic E-state index is -0.734. The SMILES string of the molecule is CNC(=O)OC(=O)CN(CC(C)C)c1ccccc1. The van der Waals surface area contributed by atoms with Crippen LogP contribution in [0.4, 0.5) is 10.5 Å². The topological polar surface area (TPSA) is 58.6 Å². The zero-order valence-corrected chi connectivity index (χ0v) is 11.6. The number of carbonyl (C=O) groups excluding carboxylic acids is 2. The van der Waals surface area contributed by atoms with Crippen molar-refractivity contribution in [2.75, 3.05) is 25.0 Å². The lowest BCUT2D eigenvalue weighted by Crippen LogP contribution is -2.36. The van der Waals surface area contributed by atoms with Gasteiger partial charge in [-0.1, -0.05) is 32.0 Å². The third kappa shape index (κ3) is 5.42. The molecule has 0 heterocycles. The molecule has 1 aromatic rings. The van der Waals surface area contributed by atoms with Crippen LogP contribution in [0.15, 0.2) is 30.3 Å². The molecule has 0 atom stereocenters. The molecule has 1 N–H and O–H groups in total. The number of carbonyl (C=O) groups is 2. The molecule has 0 saturated carbocycles. The number of anilines is 1. The van der Waals surface area contributed by atoms with E-state index in [1.807, 2.05) is 35.2 Å². The zero-order chi connectivity index (χ0) is 14.3. The summed E-state index contributed by atoms with van der Waals surface area (Å²) in [5.41, 5.74) is 0.935. The van der Waals surface area contributed by atoms with E-state index in [1.165, 1.54) is 7.05 Å². The molecule has 0 radical (unpaired) electrons. The number of nitrogens with one attached hydrogen (secondary N) is 1. The summed E-state index contributed by atoms with van der Waals surface area (Å²) in [4.78, 5) is 24.5. The van der Waals surface area contributed by atoms with Crippen LogP contribution in [0.1, 0.15) is 13.8 Å². The number of amides is 1. The molecule has 1 aromatic carbocycles. The lowest BCUT2D eigenvalue weighted by molar-refractivity contribution is -0.135. The quantitative estimate of drug-likeness (QED) is 0.653. The zero-order valence-electron chi connectivity index (χ0n) is 11.6. The summed E-state index contributed by atoms with van der Waals surface area (Å²) < 4.78 is 4.60. The third-order valence-electron chi connectivity index (χ3n) is 2.44. The Morgan fingerprint density at radius 3 is 2.42 bits per heavy atom. The number of alkyl carbamates (subject to hydrolysis) is 1. The van der Waals surface area contributed by atoms with Crippen molar-refractivity contribution < 1.29 is 14.3 Å². The molecule has 0 fully saturated rings. The maximum absolute atomic E-state index is 11.7. The van der Waals surface area contributed by atoms with Crippen LogP contribution in [0.5, 0.6) is 0 Å². The van der Waals surface area contributed by atoms with Crippen LogP contribution in [0.3, 0.4) is 0 Å². The second kappa shape index (κ2) is 7.41. The van der Waals surface area contributed by atoms with E-state index in [4.69, 9.17) is 0 Å². The fourth-order valence-electron chi connectivity index (χ4n) is 1.68. The molecule has 0 spiro atoms. The van der Waals surface area contributed by atoms with Crippen LogP contribution in [0.25, 0.3) is 0 Å². The van der Waals surface area contributed by atoms with E-state index in [0.717, 1.165) is 5.69 Å². The van der Waals surface area contributed by atoms with Crippen LogP contribution < -0.4 is 10.2 Å². The van der Waals surface area contributed by atoms with Gasteiger partial charge >= 0.3 is 12.1 Å². The molecule has 0 aliphatic carbocycles. The highest BCUT2D eigenvalue weighted by atomic mass is 16.6. The highest BCUT2D eigenvalue weighted by Crippen LogP contribution is 2.14. The number of rotatable bonds is 5. The first-order valence-electron chi connectivity index (χ1n) is 6.25. The molecule has 1 amide bonds. The minimum Gasteiger partial charge on any atom is -0.375 e. The van der Waals surface area contributed by atoms with Crippen molar-refractivity contribution in [3.05, 3.63) is 30.3 Å². The summed E-state index contributed by atoms with van der Waals surface area (Å²) in [5.74, 6) is -0.170. The fourth-order valence-corrected chi connectivity index (χ4v) is 1.68. The Kier molecular flexibility index (Phi) is 5.85. The first kappa shape index (κ1) is 15.0. The molecule has 0 aromatic heterocycles. The molecule has 0 aliphatic rings. The number of nitrogens with zero attached hydrogens (tertiary/aromatic N) is 1. The minimum absolute atomic E-state index is 0.0512. The Hall–Kier alpha value is -2.04. The molecule has 0 bridgehead atoms. The van der Waals surface area contributed by atoms with Crippen molar-refractivity contribution in [1.29, 1.82) is 0 Å². The van der Waals surface area contributed by atoms with Gasteiger partial charge in [0, 0.05) is 19.3 Å². The van der Waals surface area contributed by atoms with Gasteiger partial charge in [-0.25, -0.2) is 9.59 Å². The first-order chi connectivity index (χ1) is 9.02. The van der Waals surface area contributed by atoms with Crippen LogP contribution in [0.2, 0.25) is 0 Å². The smallest absolute Gasteiger partial charge is 0.375 e. The molecular formula is C14H20N2O3. The maximum atomic E-state index is 11.7. The molecular weight excluding hydrogens is 244 g/mol. The summed E-state index contributed by atoms with van der Waals surface area (Å²) in [5, 5.41) is 2.25. The maximum Gasteiger partial charge on any atom is 0.414 e. The van der Waals surface area contributed by atoms with Crippen LogP contribution in [0, 0.1) is 5.92 Å². The van der Waals surface area contributed by atoms with Gasteiger partial charge in [0.25, 0.3) is 0 Å². The summed E-state index contributed by atoms with van der Waals surface area (Å²) >= 11 is 0. The van der Waals surface area contributed by atoms with Crippen molar-refractivity contribution in [3.63, 3.8) is 0 Å². The Morgan fingerprint density at radius 2 is 1.89 bits per heavy atom. The second-order valence-electron chi connectivity index (χ2n) is 4.62. The fraction of sp³-hybridized carbons (Fsp3) is 0.429. The lowest BCUT2D eigenvalue weighted by Gasteiger charge is -2.25. The van der Waals surface area contributed by atoms with E-state index in [0.29, 0.717) is 12.5 Å². The number of ether oxygens (including phenoxy) is 1. The van der Waals surface area contributed by atoms with E-state index in [2.05, 4.69) is 23.9 Å². The molecule has 1 rings (SSSR count). The van der Waals surface area contributed by atoms with Crippen molar-refractivity contribution in [2.24, 2.45) is 5.92 Å². The van der Waals surface area contributed by atoms with Gasteiger partial charge in [-0.05, 0) is 18.1 Å². The van der Waals surface area contributed by atoms with Crippen molar-refractivity contribution in [1.82, 2.24) is 5.32 Å². The number of esters is 1. The van der Waals surface area contributed by atoms with Crippen LogP contribution in [-0.4, -0.2) is 32.2 Å². The molecule has 5 heteroatoms. The summed E-state index contributed by atoms with van der Waals surface area (Å²) in [6.45, 7) is 4.91. The van der Waals surface area contributed by atoms with E-state index in [-0.39, 0.29) is 6.54 Å². The van der Waals surface area contributed by atoms with E-state index in [9.17, 15) is 9.59 Å². The first-order valence-corrected chi connectivity index (χ1v) is 6.25. The van der Waals surface area contributed by atoms with Gasteiger partial charge in [0.15, 0.2) is 0 Å². The molecule has 0 unspecified atom stereocenters. The van der Waals surface area contributed by atoms with Crippen molar-refractivity contribution >= 4 is 17.7 Å². The number of para-hydroxylation sites is 1. The second-order valence-corrected chi connectivity index (χ2v) is 4.62. The average Bonchev–Trinajstić information content (AvgIpc) is 2.38. The van der Waals surface area contributed by atoms with Gasteiger partial charge in [0.2, 0.25) is 0 Å². The highest BCUT2D eigenvalue weighted by molar-refractivity contribution is 5.87. The van der Waals surface area contributed by atoms with Crippen LogP contribution in [-0.2, 0) is 9.53 Å². The summed E-state index contributed by atoms with van der Waals surface area (Å²) in [7, 11) is 1.42. The van der Waals surface area contributed by atoms with Crippen molar-refractivity contribution in [3.8, 4) is 0 Å².